The van der Waals surface area contributed by atoms with Crippen LogP contribution < -0.4 is 5.56 Å². The Labute approximate surface area is 305 Å². The van der Waals surface area contributed by atoms with E-state index in [9.17, 15) is 18.4 Å². The van der Waals surface area contributed by atoms with Crippen LogP contribution in [0.1, 0.15) is 84.5 Å². The third kappa shape index (κ3) is 8.95. The number of hydrogen-bond acceptors (Lipinski definition) is 4. The minimum absolute atomic E-state index is 0.0153. The van der Waals surface area contributed by atoms with Crippen LogP contribution in [0.15, 0.2) is 106 Å². The molecule has 1 aromatic heterocycles. The molecule has 1 atom stereocenters. The Kier molecular flexibility index (Phi) is 11.7. The summed E-state index contributed by atoms with van der Waals surface area (Å²) >= 11 is 3.41. The Morgan fingerprint density at radius 3 is 2.08 bits per heavy atom. The Balaban J connectivity index is 0.000000148. The minimum Gasteiger partial charge on any atom is -0.296 e. The second-order valence-corrected chi connectivity index (χ2v) is 13.8. The molecule has 2 fully saturated rings. The van der Waals surface area contributed by atoms with Crippen molar-refractivity contribution < 1.29 is 13.6 Å². The molecular weight excluding hydrogens is 708 g/mol. The highest BCUT2D eigenvalue weighted by Crippen LogP contribution is 2.37. The first-order valence-electron chi connectivity index (χ1n) is 17.2. The molecule has 0 amide bonds. The smallest absolute Gasteiger partial charge is 0.261 e. The van der Waals surface area contributed by atoms with E-state index in [0.717, 1.165) is 34.1 Å². The number of hydrogen-bond donors (Lipinski definition) is 0. The molecule has 5 aromatic rings. The summed E-state index contributed by atoms with van der Waals surface area (Å²) < 4.78 is 28.2. The van der Waals surface area contributed by atoms with Gasteiger partial charge in [0.15, 0.2) is 5.78 Å². The van der Waals surface area contributed by atoms with Crippen molar-refractivity contribution in [2.45, 2.75) is 57.4 Å². The number of aliphatic imine (C=N–C) groups is 1. The number of aromatic nitrogens is 2. The van der Waals surface area contributed by atoms with Crippen molar-refractivity contribution in [3.05, 3.63) is 140 Å². The lowest BCUT2D eigenvalue weighted by Crippen LogP contribution is -2.26. The van der Waals surface area contributed by atoms with Crippen LogP contribution in [0.3, 0.4) is 0 Å². The maximum Gasteiger partial charge on any atom is 0.261 e. The average molecular weight is 745 g/mol. The zero-order valence-corrected chi connectivity index (χ0v) is 29.6. The van der Waals surface area contributed by atoms with E-state index >= 15 is 0 Å². The van der Waals surface area contributed by atoms with Gasteiger partial charge >= 0.3 is 0 Å². The summed E-state index contributed by atoms with van der Waals surface area (Å²) in [5.41, 5.74) is 4.19. The van der Waals surface area contributed by atoms with Gasteiger partial charge in [-0.2, -0.15) is 0 Å². The number of fused-ring (bicyclic) bond motifs is 2. The largest absolute Gasteiger partial charge is 0.296 e. The lowest BCUT2D eigenvalue weighted by Gasteiger charge is -2.22. The summed E-state index contributed by atoms with van der Waals surface area (Å²) in [6.07, 6.45) is 17.8. The lowest BCUT2D eigenvalue weighted by atomic mass is 9.83. The number of rotatable bonds is 2. The Bertz CT molecular complexity index is 2250. The Morgan fingerprint density at radius 2 is 1.41 bits per heavy atom. The normalized spacial score (nSPS) is 16.6. The number of carbonyl (C=O) groups excluding carboxylic acids is 1. The molecule has 2 aliphatic carbocycles. The first-order chi connectivity index (χ1) is 24.8. The van der Waals surface area contributed by atoms with E-state index in [-0.39, 0.29) is 34.9 Å². The topological polar surface area (TPSA) is 64.3 Å². The summed E-state index contributed by atoms with van der Waals surface area (Å²) in [5, 5.41) is 0.616. The van der Waals surface area contributed by atoms with Gasteiger partial charge in [0.05, 0.1) is 28.8 Å². The molecule has 2 saturated carbocycles. The summed E-state index contributed by atoms with van der Waals surface area (Å²) in [4.78, 5) is 34.0. The van der Waals surface area contributed by atoms with Gasteiger partial charge in [-0.15, -0.1) is 6.42 Å². The first-order valence-corrected chi connectivity index (χ1v) is 18.0. The molecule has 2 heterocycles. The highest BCUT2D eigenvalue weighted by Gasteiger charge is 2.33. The van der Waals surface area contributed by atoms with Crippen molar-refractivity contribution in [3.63, 3.8) is 0 Å². The molecule has 0 N–H and O–H groups in total. The van der Waals surface area contributed by atoms with Gasteiger partial charge in [0.1, 0.15) is 11.6 Å². The molecule has 5 nitrogen and oxygen atoms in total. The maximum absolute atomic E-state index is 13.2. The molecule has 4 aromatic carbocycles. The molecule has 3 aliphatic rings. The van der Waals surface area contributed by atoms with Crippen LogP contribution >= 0.6 is 15.9 Å². The molecule has 0 saturated heterocycles. The van der Waals surface area contributed by atoms with Gasteiger partial charge in [0.2, 0.25) is 0 Å². The third-order valence-corrected chi connectivity index (χ3v) is 9.97. The second kappa shape index (κ2) is 16.7. The van der Waals surface area contributed by atoms with Crippen molar-refractivity contribution in [1.82, 2.24) is 9.55 Å². The average Bonchev–Trinajstić information content (AvgIpc) is 3.88. The third-order valence-electron chi connectivity index (χ3n) is 9.48. The van der Waals surface area contributed by atoms with Gasteiger partial charge in [-0.25, -0.2) is 13.8 Å². The predicted octanol–water partition coefficient (Wildman–Crippen LogP) is 10.0. The van der Waals surface area contributed by atoms with Gasteiger partial charge in [-0.05, 0) is 104 Å². The second-order valence-electron chi connectivity index (χ2n) is 12.9. The lowest BCUT2D eigenvalue weighted by molar-refractivity contribution is 0.0924. The van der Waals surface area contributed by atoms with Gasteiger partial charge in [-0.1, -0.05) is 71.5 Å². The van der Waals surface area contributed by atoms with Crippen molar-refractivity contribution in [3.8, 4) is 24.2 Å². The fraction of sp³-hybridized carbons (Fsp3) is 0.256. The fourth-order valence-corrected chi connectivity index (χ4v) is 7.17. The predicted molar refractivity (Wildman–Crippen MR) is 202 cm³/mol. The molecule has 0 bridgehead atoms. The van der Waals surface area contributed by atoms with E-state index in [0.29, 0.717) is 27.9 Å². The molecule has 1 aliphatic heterocycles. The van der Waals surface area contributed by atoms with E-state index in [1.165, 1.54) is 62.8 Å². The van der Waals surface area contributed by atoms with E-state index in [1.807, 2.05) is 36.5 Å². The SMILES string of the molecule is C#Cc1cccc(F)c1.O=C1c2ccc(Br)cc2N=CC1C1CCCC1.O=c1c2ccc(C#Cc3cccc(F)c3)cc2ncn1C1CCCC1. The minimum atomic E-state index is -0.306. The summed E-state index contributed by atoms with van der Waals surface area (Å²) in [7, 11) is 0. The maximum atomic E-state index is 13.2. The molecule has 1 unspecified atom stereocenters. The van der Waals surface area contributed by atoms with E-state index in [4.69, 9.17) is 6.42 Å². The number of benzene rings is 4. The number of nitrogens with zero attached hydrogens (tertiary/aromatic N) is 3. The van der Waals surface area contributed by atoms with Gasteiger partial charge < -0.3 is 0 Å². The van der Waals surface area contributed by atoms with E-state index in [2.05, 4.69) is 43.7 Å². The van der Waals surface area contributed by atoms with Crippen molar-refractivity contribution in [2.24, 2.45) is 16.8 Å². The Morgan fingerprint density at radius 1 is 0.765 bits per heavy atom. The van der Waals surface area contributed by atoms with Gasteiger partial charge in [0.25, 0.3) is 5.56 Å². The van der Waals surface area contributed by atoms with Crippen LogP contribution in [0.25, 0.3) is 10.9 Å². The molecule has 8 heteroatoms. The van der Waals surface area contributed by atoms with E-state index < -0.39 is 0 Å². The van der Waals surface area contributed by atoms with Crippen LogP contribution in [0.2, 0.25) is 0 Å². The van der Waals surface area contributed by atoms with Crippen LogP contribution in [0, 0.1) is 47.7 Å². The molecule has 0 radical (unpaired) electrons. The molecular formula is C43H36BrF2N3O2. The first kappa shape index (κ1) is 35.6. The zero-order valence-electron chi connectivity index (χ0n) is 28.0. The number of halogens is 3. The van der Waals surface area contributed by atoms with E-state index in [1.54, 1.807) is 41.2 Å². The summed E-state index contributed by atoms with van der Waals surface area (Å²) in [6.45, 7) is 0. The van der Waals surface area contributed by atoms with Crippen molar-refractivity contribution in [2.75, 3.05) is 0 Å². The standard InChI is InChI=1S/C21H17FN2O.C14H14BrNO.C8H5F/c22-17-5-3-4-15(12-17)8-9-16-10-11-19-20(13-16)23-14-24(21(19)25)18-6-1-2-7-18;15-10-5-6-11-13(7-10)16-8-12(14(11)17)9-3-1-2-4-9;1-2-7-4-3-5-8(9)6-7/h3-5,10-14,18H,1-2,6-7H2;5-9,12H,1-4H2;1,3-6H. The van der Waals surface area contributed by atoms with Crippen LogP contribution in [-0.4, -0.2) is 21.5 Å². The number of terminal acetylenes is 1. The molecule has 0 spiro atoms. The number of carbonyl (C=O) groups is 1. The number of Topliss-reactive ketones (excluding diaryl/α,β-unsaturated/α-hetero) is 1. The number of ketones is 1. The zero-order chi connectivity index (χ0) is 35.7. The Hall–Kier alpha value is -5.18. The van der Waals surface area contributed by atoms with Crippen LogP contribution in [-0.2, 0) is 0 Å². The van der Waals surface area contributed by atoms with Gasteiger partial charge in [-0.3, -0.25) is 19.1 Å². The molecule has 8 rings (SSSR count). The fourth-order valence-electron chi connectivity index (χ4n) is 6.82. The highest BCUT2D eigenvalue weighted by atomic mass is 79.9. The molecule has 51 heavy (non-hydrogen) atoms. The van der Waals surface area contributed by atoms with Crippen LogP contribution in [0.5, 0.6) is 0 Å². The van der Waals surface area contributed by atoms with Gasteiger partial charge in [0, 0.05) is 39.0 Å². The van der Waals surface area contributed by atoms with Crippen LogP contribution in [0.4, 0.5) is 14.5 Å². The van der Waals surface area contributed by atoms with Crippen molar-refractivity contribution in [1.29, 1.82) is 0 Å². The molecule has 256 valence electrons. The summed E-state index contributed by atoms with van der Waals surface area (Å²) in [6, 6.07) is 23.5. The quantitative estimate of drug-likeness (QED) is 0.169. The van der Waals surface area contributed by atoms with Crippen molar-refractivity contribution >= 4 is 44.5 Å². The monoisotopic (exact) mass is 743 g/mol. The summed E-state index contributed by atoms with van der Waals surface area (Å²) in [5.74, 6) is 8.47. The highest BCUT2D eigenvalue weighted by molar-refractivity contribution is 9.10.